The van der Waals surface area contributed by atoms with Gasteiger partial charge in [-0.1, -0.05) is 37.3 Å². The van der Waals surface area contributed by atoms with Gasteiger partial charge in [0.15, 0.2) is 0 Å². The van der Waals surface area contributed by atoms with Gasteiger partial charge in [0.2, 0.25) is 5.91 Å². The van der Waals surface area contributed by atoms with Gasteiger partial charge in [-0.2, -0.15) is 4.37 Å². The monoisotopic (exact) mass is 258 g/mol. The molecule has 1 N–H and O–H groups in total. The van der Waals surface area contributed by atoms with Crippen LogP contribution in [0.5, 0.6) is 0 Å². The molecular formula is C14H14N2OS. The number of hydrogen-bond acceptors (Lipinski definition) is 3. The molecule has 0 bridgehead atoms. The van der Waals surface area contributed by atoms with Crippen molar-refractivity contribution < 1.29 is 4.79 Å². The number of nitrogens with one attached hydrogen (secondary N) is 1. The third-order valence-electron chi connectivity index (χ3n) is 3.27. The molecule has 1 aromatic carbocycles. The average molecular weight is 258 g/mol. The van der Waals surface area contributed by atoms with Gasteiger partial charge in [0.25, 0.3) is 0 Å². The lowest BCUT2D eigenvalue weighted by Crippen LogP contribution is -2.13. The van der Waals surface area contributed by atoms with Crippen LogP contribution in [-0.4, -0.2) is 10.3 Å². The minimum Gasteiger partial charge on any atom is -0.316 e. The van der Waals surface area contributed by atoms with Gasteiger partial charge in [-0.25, -0.2) is 0 Å². The van der Waals surface area contributed by atoms with Gasteiger partial charge in [0, 0.05) is 17.5 Å². The van der Waals surface area contributed by atoms with Crippen LogP contribution in [0.3, 0.4) is 0 Å². The smallest absolute Gasteiger partial charge is 0.228 e. The minimum atomic E-state index is 0.130. The predicted octanol–water partition coefficient (Wildman–Crippen LogP) is 3.40. The number of aromatic nitrogens is 1. The van der Waals surface area contributed by atoms with Crippen LogP contribution >= 0.6 is 11.5 Å². The molecule has 2 aromatic rings. The molecule has 1 amide bonds. The van der Waals surface area contributed by atoms with E-state index in [1.807, 2.05) is 36.4 Å². The first-order chi connectivity index (χ1) is 8.74. The molecule has 1 saturated carbocycles. The van der Waals surface area contributed by atoms with Crippen molar-refractivity contribution in [2.75, 3.05) is 5.32 Å². The Morgan fingerprint density at radius 2 is 2.11 bits per heavy atom. The molecule has 1 aliphatic carbocycles. The molecule has 0 saturated heterocycles. The van der Waals surface area contributed by atoms with Crippen molar-refractivity contribution in [2.45, 2.75) is 13.3 Å². The van der Waals surface area contributed by atoms with E-state index in [2.05, 4.69) is 16.6 Å². The molecule has 1 aromatic heterocycles. The van der Waals surface area contributed by atoms with Crippen LogP contribution in [-0.2, 0) is 4.79 Å². The van der Waals surface area contributed by atoms with Crippen LogP contribution in [0.25, 0.3) is 11.3 Å². The van der Waals surface area contributed by atoms with Crippen LogP contribution in [0.2, 0.25) is 0 Å². The van der Waals surface area contributed by atoms with Gasteiger partial charge in [-0.3, -0.25) is 4.79 Å². The van der Waals surface area contributed by atoms with Crippen LogP contribution in [0.15, 0.2) is 36.4 Å². The van der Waals surface area contributed by atoms with E-state index in [1.165, 1.54) is 11.5 Å². The highest BCUT2D eigenvalue weighted by Crippen LogP contribution is 2.39. The summed E-state index contributed by atoms with van der Waals surface area (Å²) in [7, 11) is 0. The Balaban J connectivity index is 1.72. The second kappa shape index (κ2) is 4.53. The molecule has 0 unspecified atom stereocenters. The lowest BCUT2D eigenvalue weighted by molar-refractivity contribution is -0.117. The number of nitrogens with zero attached hydrogens (tertiary/aromatic N) is 1. The molecule has 0 spiro atoms. The predicted molar refractivity (Wildman–Crippen MR) is 73.5 cm³/mol. The highest BCUT2D eigenvalue weighted by atomic mass is 32.1. The number of benzene rings is 1. The van der Waals surface area contributed by atoms with E-state index in [4.69, 9.17) is 0 Å². The maximum absolute atomic E-state index is 11.8. The molecule has 0 radical (unpaired) electrons. The van der Waals surface area contributed by atoms with Gasteiger partial charge < -0.3 is 5.32 Å². The third kappa shape index (κ3) is 2.29. The van der Waals surface area contributed by atoms with Crippen molar-refractivity contribution in [2.24, 2.45) is 11.8 Å². The summed E-state index contributed by atoms with van der Waals surface area (Å²) in [5.74, 6) is 0.865. The SMILES string of the molecule is C[C@@H]1C[C@@H]1C(=O)Nc1cc(-c2ccccc2)ns1. The molecule has 18 heavy (non-hydrogen) atoms. The van der Waals surface area contributed by atoms with Gasteiger partial charge in [-0.05, 0) is 23.9 Å². The molecule has 1 heterocycles. The fraction of sp³-hybridized carbons (Fsp3) is 0.286. The largest absolute Gasteiger partial charge is 0.316 e. The van der Waals surface area contributed by atoms with Gasteiger partial charge in [0.05, 0.1) is 5.69 Å². The van der Waals surface area contributed by atoms with E-state index in [1.54, 1.807) is 0 Å². The zero-order chi connectivity index (χ0) is 12.5. The fourth-order valence-electron chi connectivity index (χ4n) is 1.98. The summed E-state index contributed by atoms with van der Waals surface area (Å²) in [6, 6.07) is 11.9. The summed E-state index contributed by atoms with van der Waals surface area (Å²) >= 11 is 1.34. The highest BCUT2D eigenvalue weighted by molar-refractivity contribution is 7.10. The van der Waals surface area contributed by atoms with E-state index in [0.29, 0.717) is 5.92 Å². The van der Waals surface area contributed by atoms with E-state index < -0.39 is 0 Å². The number of carbonyl (C=O) groups is 1. The van der Waals surface area contributed by atoms with Crippen LogP contribution < -0.4 is 5.32 Å². The van der Waals surface area contributed by atoms with E-state index in [9.17, 15) is 4.79 Å². The van der Waals surface area contributed by atoms with Crippen molar-refractivity contribution in [3.05, 3.63) is 36.4 Å². The molecule has 0 aliphatic heterocycles. The number of rotatable bonds is 3. The number of carbonyl (C=O) groups excluding carboxylic acids is 1. The second-order valence-electron chi connectivity index (χ2n) is 4.75. The van der Waals surface area contributed by atoms with E-state index >= 15 is 0 Å². The van der Waals surface area contributed by atoms with E-state index in [0.717, 1.165) is 22.7 Å². The molecule has 1 aliphatic rings. The summed E-state index contributed by atoms with van der Waals surface area (Å²) in [6.45, 7) is 2.10. The van der Waals surface area contributed by atoms with Crippen molar-refractivity contribution >= 4 is 22.4 Å². The van der Waals surface area contributed by atoms with Gasteiger partial charge >= 0.3 is 0 Å². The van der Waals surface area contributed by atoms with Crippen molar-refractivity contribution in [1.82, 2.24) is 4.37 Å². The minimum absolute atomic E-state index is 0.130. The maximum Gasteiger partial charge on any atom is 0.228 e. The Bertz CT molecular complexity index is 564. The lowest BCUT2D eigenvalue weighted by Gasteiger charge is -1.98. The first-order valence-corrected chi connectivity index (χ1v) is 6.84. The highest BCUT2D eigenvalue weighted by Gasteiger charge is 2.39. The lowest BCUT2D eigenvalue weighted by atomic mass is 10.1. The maximum atomic E-state index is 11.8. The van der Waals surface area contributed by atoms with Crippen molar-refractivity contribution in [3.63, 3.8) is 0 Å². The molecule has 3 rings (SSSR count). The first kappa shape index (κ1) is 11.4. The Morgan fingerprint density at radius 1 is 1.39 bits per heavy atom. The van der Waals surface area contributed by atoms with E-state index in [-0.39, 0.29) is 11.8 Å². The molecule has 1 fully saturated rings. The molecule has 92 valence electrons. The number of hydrogen-bond donors (Lipinski definition) is 1. The Labute approximate surface area is 110 Å². The summed E-state index contributed by atoms with van der Waals surface area (Å²) < 4.78 is 4.37. The van der Waals surface area contributed by atoms with Crippen LogP contribution in [0.1, 0.15) is 13.3 Å². The summed E-state index contributed by atoms with van der Waals surface area (Å²) in [5.41, 5.74) is 1.99. The van der Waals surface area contributed by atoms with Gasteiger partial charge in [0.1, 0.15) is 5.00 Å². The van der Waals surface area contributed by atoms with Gasteiger partial charge in [-0.15, -0.1) is 0 Å². The second-order valence-corrected chi connectivity index (χ2v) is 5.56. The third-order valence-corrected chi connectivity index (χ3v) is 3.98. The topological polar surface area (TPSA) is 42.0 Å². The average Bonchev–Trinajstić information content (AvgIpc) is 2.95. The van der Waals surface area contributed by atoms with Crippen molar-refractivity contribution in [3.8, 4) is 11.3 Å². The quantitative estimate of drug-likeness (QED) is 0.916. The fourth-order valence-corrected chi connectivity index (χ4v) is 2.65. The van der Waals surface area contributed by atoms with Crippen LogP contribution in [0.4, 0.5) is 5.00 Å². The first-order valence-electron chi connectivity index (χ1n) is 6.07. The molecular weight excluding hydrogens is 244 g/mol. The number of anilines is 1. The Kier molecular flexibility index (Phi) is 2.88. The standard InChI is InChI=1S/C14H14N2OS/c1-9-7-11(9)14(17)15-13-8-12(16-18-13)10-5-3-2-4-6-10/h2-6,8-9,11H,7H2,1H3,(H,15,17)/t9-,11+/m1/s1. The molecule has 4 heteroatoms. The summed E-state index contributed by atoms with van der Waals surface area (Å²) in [5, 5.41) is 3.77. The molecule has 2 atom stereocenters. The summed E-state index contributed by atoms with van der Waals surface area (Å²) in [6.07, 6.45) is 1.01. The normalized spacial score (nSPS) is 21.6. The zero-order valence-electron chi connectivity index (χ0n) is 10.1. The summed E-state index contributed by atoms with van der Waals surface area (Å²) in [4.78, 5) is 11.8. The zero-order valence-corrected chi connectivity index (χ0v) is 10.9. The van der Waals surface area contributed by atoms with Crippen LogP contribution in [0, 0.1) is 11.8 Å². The Morgan fingerprint density at radius 3 is 2.78 bits per heavy atom. The van der Waals surface area contributed by atoms with Crippen molar-refractivity contribution in [1.29, 1.82) is 0 Å². The molecule has 3 nitrogen and oxygen atoms in total. The number of amides is 1. The Hall–Kier alpha value is -1.68.